The van der Waals surface area contributed by atoms with Gasteiger partial charge in [-0.3, -0.25) is 0 Å². The maximum absolute atomic E-state index is 6.35. The summed E-state index contributed by atoms with van der Waals surface area (Å²) in [6.07, 6.45) is 0.703. The molecule has 0 radical (unpaired) electrons. The number of thiophene rings is 1. The zero-order chi connectivity index (χ0) is 16.8. The highest BCUT2D eigenvalue weighted by Gasteiger charge is 2.41. The van der Waals surface area contributed by atoms with E-state index in [1.54, 1.807) is 11.3 Å². The Morgan fingerprint density at radius 2 is 1.96 bits per heavy atom. The molecular formula is C20H15BrN2OS. The number of hydrazone groups is 1. The standard InChI is InChI=1S/C20H15BrN2OS/c21-14-8-9-18-15(11-14)17-12-16(19-7-4-10-25-19)22-23(17)20(24-18)13-5-2-1-3-6-13/h1-11,17,20H,12H2. The number of fused-ring (bicyclic) bond motifs is 3. The van der Waals surface area contributed by atoms with Crippen molar-refractivity contribution < 1.29 is 4.74 Å². The normalized spacial score (nSPS) is 21.3. The third-order valence-corrected chi connectivity index (χ3v) is 6.05. The molecule has 1 aromatic heterocycles. The van der Waals surface area contributed by atoms with E-state index in [4.69, 9.17) is 9.84 Å². The van der Waals surface area contributed by atoms with Crippen LogP contribution in [0.1, 0.15) is 34.7 Å². The molecule has 0 aliphatic carbocycles. The van der Waals surface area contributed by atoms with Gasteiger partial charge in [-0.15, -0.1) is 11.3 Å². The van der Waals surface area contributed by atoms with Gasteiger partial charge in [-0.25, -0.2) is 5.01 Å². The van der Waals surface area contributed by atoms with Crippen LogP contribution >= 0.6 is 27.3 Å². The predicted octanol–water partition coefficient (Wildman–Crippen LogP) is 5.75. The van der Waals surface area contributed by atoms with E-state index in [0.717, 1.165) is 27.9 Å². The van der Waals surface area contributed by atoms with E-state index in [2.05, 4.69) is 62.7 Å². The van der Waals surface area contributed by atoms with Crippen molar-refractivity contribution >= 4 is 33.0 Å². The van der Waals surface area contributed by atoms with Gasteiger partial charge >= 0.3 is 0 Å². The summed E-state index contributed by atoms with van der Waals surface area (Å²) in [5, 5.41) is 9.19. The Balaban J connectivity index is 1.62. The average Bonchev–Trinajstić information content (AvgIpc) is 3.31. The number of benzene rings is 2. The summed E-state index contributed by atoms with van der Waals surface area (Å²) in [5.41, 5.74) is 3.45. The van der Waals surface area contributed by atoms with Gasteiger partial charge in [-0.2, -0.15) is 5.10 Å². The number of ether oxygens (including phenoxy) is 1. The van der Waals surface area contributed by atoms with Gasteiger partial charge in [0, 0.05) is 22.0 Å². The molecule has 124 valence electrons. The van der Waals surface area contributed by atoms with Crippen LogP contribution in [0, 0.1) is 0 Å². The Hall–Kier alpha value is -2.11. The lowest BCUT2D eigenvalue weighted by atomic mass is 9.98. The van der Waals surface area contributed by atoms with Gasteiger partial charge in [0.25, 0.3) is 0 Å². The molecule has 25 heavy (non-hydrogen) atoms. The van der Waals surface area contributed by atoms with E-state index in [1.807, 2.05) is 24.3 Å². The SMILES string of the molecule is Brc1ccc2c(c1)C1CC(c3cccs3)=NN1C(c1ccccc1)O2. The molecule has 0 spiro atoms. The first-order chi connectivity index (χ1) is 12.3. The lowest BCUT2D eigenvalue weighted by molar-refractivity contribution is -0.0190. The van der Waals surface area contributed by atoms with Crippen molar-refractivity contribution in [3.05, 3.63) is 86.5 Å². The lowest BCUT2D eigenvalue weighted by Crippen LogP contribution is -2.33. The van der Waals surface area contributed by atoms with Gasteiger partial charge in [0.2, 0.25) is 6.23 Å². The van der Waals surface area contributed by atoms with E-state index in [1.165, 1.54) is 10.4 Å². The predicted molar refractivity (Wildman–Crippen MR) is 104 cm³/mol. The van der Waals surface area contributed by atoms with Crippen LogP contribution in [0.25, 0.3) is 0 Å². The van der Waals surface area contributed by atoms with Crippen LogP contribution in [0.3, 0.4) is 0 Å². The Morgan fingerprint density at radius 1 is 1.08 bits per heavy atom. The largest absolute Gasteiger partial charge is 0.464 e. The van der Waals surface area contributed by atoms with Crippen LogP contribution in [0.4, 0.5) is 0 Å². The minimum Gasteiger partial charge on any atom is -0.464 e. The number of hydrogen-bond acceptors (Lipinski definition) is 4. The van der Waals surface area contributed by atoms with E-state index in [0.29, 0.717) is 0 Å². The van der Waals surface area contributed by atoms with Gasteiger partial charge in [-0.1, -0.05) is 52.3 Å². The Kier molecular flexibility index (Phi) is 3.64. The first-order valence-corrected chi connectivity index (χ1v) is 9.87. The summed E-state index contributed by atoms with van der Waals surface area (Å²) in [6, 6.07) is 21.0. The quantitative estimate of drug-likeness (QED) is 0.536. The minimum atomic E-state index is -0.197. The van der Waals surface area contributed by atoms with Gasteiger partial charge in [0.05, 0.1) is 16.6 Å². The molecule has 3 aromatic rings. The second-order valence-corrected chi connectivity index (χ2v) is 8.05. The fourth-order valence-corrected chi connectivity index (χ4v) is 4.59. The van der Waals surface area contributed by atoms with Crippen LogP contribution in [0.2, 0.25) is 0 Å². The molecule has 0 saturated carbocycles. The van der Waals surface area contributed by atoms with Crippen LogP contribution in [0.5, 0.6) is 5.75 Å². The number of rotatable bonds is 2. The Bertz CT molecular complexity index is 940. The summed E-state index contributed by atoms with van der Waals surface area (Å²) < 4.78 is 7.42. The Morgan fingerprint density at radius 3 is 2.76 bits per heavy atom. The lowest BCUT2D eigenvalue weighted by Gasteiger charge is -2.38. The molecule has 5 rings (SSSR count). The molecule has 2 unspecified atom stereocenters. The highest BCUT2D eigenvalue weighted by atomic mass is 79.9. The maximum Gasteiger partial charge on any atom is 0.213 e. The summed E-state index contributed by atoms with van der Waals surface area (Å²) in [6.45, 7) is 0. The topological polar surface area (TPSA) is 24.8 Å². The molecule has 2 aliphatic rings. The number of hydrogen-bond donors (Lipinski definition) is 0. The molecule has 0 fully saturated rings. The fraction of sp³-hybridized carbons (Fsp3) is 0.150. The monoisotopic (exact) mass is 410 g/mol. The molecule has 0 amide bonds. The van der Waals surface area contributed by atoms with Crippen molar-refractivity contribution in [2.24, 2.45) is 5.10 Å². The van der Waals surface area contributed by atoms with Gasteiger partial charge < -0.3 is 4.74 Å². The summed E-state index contributed by atoms with van der Waals surface area (Å²) in [7, 11) is 0. The molecular weight excluding hydrogens is 396 g/mol. The van der Waals surface area contributed by atoms with Crippen molar-refractivity contribution in [1.29, 1.82) is 0 Å². The van der Waals surface area contributed by atoms with Crippen molar-refractivity contribution in [2.75, 3.05) is 0 Å². The molecule has 3 nitrogen and oxygen atoms in total. The number of halogens is 1. The summed E-state index contributed by atoms with van der Waals surface area (Å²) in [4.78, 5) is 1.23. The second kappa shape index (κ2) is 6.00. The molecule has 2 aliphatic heterocycles. The highest BCUT2D eigenvalue weighted by Crippen LogP contribution is 2.48. The smallest absolute Gasteiger partial charge is 0.213 e. The van der Waals surface area contributed by atoms with E-state index < -0.39 is 0 Å². The molecule has 0 saturated heterocycles. The maximum atomic E-state index is 6.35. The first kappa shape index (κ1) is 15.2. The average molecular weight is 411 g/mol. The van der Waals surface area contributed by atoms with Crippen LogP contribution in [-0.4, -0.2) is 10.7 Å². The van der Waals surface area contributed by atoms with Crippen LogP contribution in [-0.2, 0) is 0 Å². The van der Waals surface area contributed by atoms with E-state index in [-0.39, 0.29) is 12.3 Å². The molecule has 0 bridgehead atoms. The fourth-order valence-electron chi connectivity index (χ4n) is 3.49. The second-order valence-electron chi connectivity index (χ2n) is 6.19. The molecule has 5 heteroatoms. The third-order valence-electron chi connectivity index (χ3n) is 4.64. The van der Waals surface area contributed by atoms with Crippen molar-refractivity contribution in [2.45, 2.75) is 18.7 Å². The van der Waals surface area contributed by atoms with Crippen LogP contribution < -0.4 is 4.74 Å². The Labute approximate surface area is 158 Å². The van der Waals surface area contributed by atoms with E-state index >= 15 is 0 Å². The summed E-state index contributed by atoms with van der Waals surface area (Å²) in [5.74, 6) is 0.945. The van der Waals surface area contributed by atoms with Gasteiger partial charge in [0.15, 0.2) is 0 Å². The van der Waals surface area contributed by atoms with Crippen molar-refractivity contribution in [1.82, 2.24) is 5.01 Å². The number of nitrogens with zero attached hydrogens (tertiary/aromatic N) is 2. The van der Waals surface area contributed by atoms with Gasteiger partial charge in [0.1, 0.15) is 5.75 Å². The first-order valence-electron chi connectivity index (χ1n) is 8.20. The zero-order valence-electron chi connectivity index (χ0n) is 13.3. The minimum absolute atomic E-state index is 0.197. The zero-order valence-corrected chi connectivity index (χ0v) is 15.7. The van der Waals surface area contributed by atoms with Gasteiger partial charge in [-0.05, 0) is 29.6 Å². The molecule has 3 heterocycles. The van der Waals surface area contributed by atoms with Crippen LogP contribution in [0.15, 0.2) is 75.6 Å². The summed E-state index contributed by atoms with van der Waals surface area (Å²) >= 11 is 5.33. The molecule has 0 N–H and O–H groups in total. The van der Waals surface area contributed by atoms with Crippen molar-refractivity contribution in [3.8, 4) is 5.75 Å². The molecule has 2 aromatic carbocycles. The molecule has 2 atom stereocenters. The van der Waals surface area contributed by atoms with Crippen molar-refractivity contribution in [3.63, 3.8) is 0 Å². The third kappa shape index (κ3) is 2.58. The van der Waals surface area contributed by atoms with E-state index in [9.17, 15) is 0 Å². The highest BCUT2D eigenvalue weighted by molar-refractivity contribution is 9.10.